The van der Waals surface area contributed by atoms with Gasteiger partial charge in [-0.05, 0) is 39.0 Å². The van der Waals surface area contributed by atoms with Crippen LogP contribution in [0.1, 0.15) is 31.1 Å². The fourth-order valence-corrected chi connectivity index (χ4v) is 3.78. The molecule has 35 heavy (non-hydrogen) atoms. The second kappa shape index (κ2) is 11.2. The SMILES string of the molecule is CCOc1cc(N2CCOCC2)c(OCC)cc1NC(=O)[C@@H](C)OC(=O)c1ccc2c(c1)OCO2. The zero-order valence-corrected chi connectivity index (χ0v) is 20.1. The van der Waals surface area contributed by atoms with Gasteiger partial charge in [-0.15, -0.1) is 0 Å². The maximum atomic E-state index is 12.9. The normalized spacial score (nSPS) is 15.3. The molecule has 10 heteroatoms. The molecule has 1 N–H and O–H groups in total. The number of morpholine rings is 1. The van der Waals surface area contributed by atoms with Crippen molar-refractivity contribution < 1.29 is 38.0 Å². The Morgan fingerprint density at radius 1 is 1.00 bits per heavy atom. The summed E-state index contributed by atoms with van der Waals surface area (Å²) in [5.74, 6) is 0.997. The summed E-state index contributed by atoms with van der Waals surface area (Å²) in [5, 5.41) is 2.81. The van der Waals surface area contributed by atoms with E-state index in [0.717, 1.165) is 18.8 Å². The lowest BCUT2D eigenvalue weighted by atomic mass is 10.2. The van der Waals surface area contributed by atoms with Crippen LogP contribution in [0.2, 0.25) is 0 Å². The maximum absolute atomic E-state index is 12.9. The van der Waals surface area contributed by atoms with Crippen LogP contribution in [0.15, 0.2) is 30.3 Å². The summed E-state index contributed by atoms with van der Waals surface area (Å²) in [6.07, 6.45) is -1.06. The smallest absolute Gasteiger partial charge is 0.339 e. The van der Waals surface area contributed by atoms with Gasteiger partial charge in [0.15, 0.2) is 17.6 Å². The van der Waals surface area contributed by atoms with Crippen molar-refractivity contribution >= 4 is 23.3 Å². The van der Waals surface area contributed by atoms with Gasteiger partial charge >= 0.3 is 5.97 Å². The largest absolute Gasteiger partial charge is 0.492 e. The number of fused-ring (bicyclic) bond motifs is 1. The van der Waals surface area contributed by atoms with Crippen molar-refractivity contribution in [1.82, 2.24) is 0 Å². The monoisotopic (exact) mass is 486 g/mol. The van der Waals surface area contributed by atoms with Crippen LogP contribution in [0.4, 0.5) is 11.4 Å². The van der Waals surface area contributed by atoms with E-state index in [1.165, 1.54) is 13.0 Å². The number of nitrogens with zero attached hydrogens (tertiary/aromatic N) is 1. The summed E-state index contributed by atoms with van der Waals surface area (Å²) in [6, 6.07) is 8.32. The van der Waals surface area contributed by atoms with Gasteiger partial charge in [0.2, 0.25) is 6.79 Å². The molecule has 0 aromatic heterocycles. The predicted octanol–water partition coefficient (Wildman–Crippen LogP) is 3.23. The Labute approximate surface area is 204 Å². The standard InChI is InChI=1S/C25H30N2O8/c1-4-31-21-14-19(27-8-10-30-11-9-27)22(32-5-2)13-18(21)26-24(28)16(3)35-25(29)17-6-7-20-23(12-17)34-15-33-20/h6-7,12-14,16H,4-5,8-11,15H2,1-3H3,(H,26,28)/t16-/m1/s1. The summed E-state index contributed by atoms with van der Waals surface area (Å²) in [6.45, 7) is 8.95. The van der Waals surface area contributed by atoms with Gasteiger partial charge in [0, 0.05) is 25.2 Å². The average Bonchev–Trinajstić information content (AvgIpc) is 3.34. The van der Waals surface area contributed by atoms with Gasteiger partial charge < -0.3 is 38.6 Å². The number of anilines is 2. The molecule has 188 valence electrons. The Balaban J connectivity index is 1.49. The molecule has 1 saturated heterocycles. The Morgan fingerprint density at radius 3 is 2.46 bits per heavy atom. The zero-order chi connectivity index (χ0) is 24.8. The van der Waals surface area contributed by atoms with E-state index in [2.05, 4.69) is 10.2 Å². The molecule has 0 spiro atoms. The number of amides is 1. The van der Waals surface area contributed by atoms with Crippen LogP contribution in [0.5, 0.6) is 23.0 Å². The molecule has 0 aliphatic carbocycles. The highest BCUT2D eigenvalue weighted by molar-refractivity contribution is 5.99. The molecule has 4 rings (SSSR count). The van der Waals surface area contributed by atoms with E-state index in [1.807, 2.05) is 19.9 Å². The van der Waals surface area contributed by atoms with Crippen LogP contribution in [0.3, 0.4) is 0 Å². The molecular formula is C25H30N2O8. The fraction of sp³-hybridized carbons (Fsp3) is 0.440. The van der Waals surface area contributed by atoms with Crippen LogP contribution in [-0.4, -0.2) is 64.3 Å². The summed E-state index contributed by atoms with van der Waals surface area (Å²) in [4.78, 5) is 27.7. The van der Waals surface area contributed by atoms with Gasteiger partial charge in [0.1, 0.15) is 11.5 Å². The second-order valence-corrected chi connectivity index (χ2v) is 7.89. The van der Waals surface area contributed by atoms with E-state index in [9.17, 15) is 9.59 Å². The van der Waals surface area contributed by atoms with Crippen LogP contribution < -0.4 is 29.2 Å². The number of nitrogens with one attached hydrogen (secondary N) is 1. The van der Waals surface area contributed by atoms with Crippen molar-refractivity contribution in [2.75, 3.05) is 56.5 Å². The number of rotatable bonds is 9. The van der Waals surface area contributed by atoms with Gasteiger partial charge in [-0.3, -0.25) is 4.79 Å². The Hall–Kier alpha value is -3.66. The molecule has 1 atom stereocenters. The third kappa shape index (κ3) is 5.71. The lowest BCUT2D eigenvalue weighted by Crippen LogP contribution is -2.36. The number of ether oxygens (including phenoxy) is 6. The summed E-state index contributed by atoms with van der Waals surface area (Å²) in [5.41, 5.74) is 1.57. The molecule has 0 saturated carbocycles. The zero-order valence-electron chi connectivity index (χ0n) is 20.1. The molecule has 1 fully saturated rings. The highest BCUT2D eigenvalue weighted by Gasteiger charge is 2.24. The summed E-state index contributed by atoms with van der Waals surface area (Å²) in [7, 11) is 0. The van der Waals surface area contributed by atoms with Crippen molar-refractivity contribution in [2.45, 2.75) is 26.9 Å². The first kappa shape index (κ1) is 24.5. The van der Waals surface area contributed by atoms with E-state index in [-0.39, 0.29) is 12.4 Å². The number of hydrogen-bond donors (Lipinski definition) is 1. The van der Waals surface area contributed by atoms with E-state index < -0.39 is 18.0 Å². The van der Waals surface area contributed by atoms with E-state index in [1.54, 1.807) is 18.2 Å². The molecule has 2 aliphatic rings. The van der Waals surface area contributed by atoms with Gasteiger partial charge in [0.25, 0.3) is 5.91 Å². The number of carbonyl (C=O) groups excluding carboxylic acids is 2. The number of carbonyl (C=O) groups is 2. The number of hydrogen-bond acceptors (Lipinski definition) is 9. The van der Waals surface area contributed by atoms with Crippen molar-refractivity contribution in [3.8, 4) is 23.0 Å². The van der Waals surface area contributed by atoms with E-state index in [0.29, 0.717) is 55.1 Å². The third-order valence-corrected chi connectivity index (χ3v) is 5.53. The number of benzene rings is 2. The summed E-state index contributed by atoms with van der Waals surface area (Å²) >= 11 is 0. The Kier molecular flexibility index (Phi) is 7.81. The average molecular weight is 487 g/mol. The first-order valence-corrected chi connectivity index (χ1v) is 11.7. The fourth-order valence-electron chi connectivity index (χ4n) is 3.78. The molecule has 1 amide bonds. The lowest BCUT2D eigenvalue weighted by molar-refractivity contribution is -0.123. The highest BCUT2D eigenvalue weighted by Crippen LogP contribution is 2.39. The van der Waals surface area contributed by atoms with Gasteiger partial charge in [0.05, 0.1) is 43.4 Å². The van der Waals surface area contributed by atoms with Gasteiger partial charge in [-0.2, -0.15) is 0 Å². The van der Waals surface area contributed by atoms with Crippen LogP contribution in [-0.2, 0) is 14.3 Å². The Morgan fingerprint density at radius 2 is 1.71 bits per heavy atom. The molecule has 2 aromatic carbocycles. The number of esters is 1. The molecule has 2 aromatic rings. The second-order valence-electron chi connectivity index (χ2n) is 7.89. The summed E-state index contributed by atoms with van der Waals surface area (Å²) < 4.78 is 33.1. The third-order valence-electron chi connectivity index (χ3n) is 5.53. The minimum absolute atomic E-state index is 0.100. The minimum atomic E-state index is -1.06. The predicted molar refractivity (Wildman–Crippen MR) is 128 cm³/mol. The Bertz CT molecular complexity index is 1070. The van der Waals surface area contributed by atoms with Crippen molar-refractivity contribution in [1.29, 1.82) is 0 Å². The lowest BCUT2D eigenvalue weighted by Gasteiger charge is -2.31. The minimum Gasteiger partial charge on any atom is -0.492 e. The van der Waals surface area contributed by atoms with Gasteiger partial charge in [-0.1, -0.05) is 0 Å². The quantitative estimate of drug-likeness (QED) is 0.535. The molecule has 0 bridgehead atoms. The maximum Gasteiger partial charge on any atom is 0.339 e. The molecule has 0 unspecified atom stereocenters. The van der Waals surface area contributed by atoms with Gasteiger partial charge in [-0.25, -0.2) is 4.79 Å². The molecule has 0 radical (unpaired) electrons. The first-order valence-electron chi connectivity index (χ1n) is 11.7. The molecule has 10 nitrogen and oxygen atoms in total. The van der Waals surface area contributed by atoms with Crippen LogP contribution in [0.25, 0.3) is 0 Å². The highest BCUT2D eigenvalue weighted by atomic mass is 16.7. The molecular weight excluding hydrogens is 456 g/mol. The van der Waals surface area contributed by atoms with Crippen molar-refractivity contribution in [3.63, 3.8) is 0 Å². The van der Waals surface area contributed by atoms with E-state index in [4.69, 9.17) is 28.4 Å². The van der Waals surface area contributed by atoms with E-state index >= 15 is 0 Å². The van der Waals surface area contributed by atoms with Crippen LogP contribution in [0, 0.1) is 0 Å². The van der Waals surface area contributed by atoms with Crippen LogP contribution >= 0.6 is 0 Å². The van der Waals surface area contributed by atoms with Crippen molar-refractivity contribution in [3.05, 3.63) is 35.9 Å². The molecule has 2 heterocycles. The topological polar surface area (TPSA) is 105 Å². The van der Waals surface area contributed by atoms with Crippen molar-refractivity contribution in [2.24, 2.45) is 0 Å². The molecule has 2 aliphatic heterocycles. The first-order chi connectivity index (χ1) is 17.0.